The molecule has 10 aromatic rings. The SMILES string of the molecule is c1ccc2c(c1)c1ccccc1n2-c1ccc2c(c1)c1ccccc1n2-c1ccc2sc3sc4cnccc4c3c2c1. The van der Waals surface area contributed by atoms with Gasteiger partial charge in [0.25, 0.3) is 0 Å². The number of para-hydroxylation sites is 3. The molecule has 10 rings (SSSR count). The van der Waals surface area contributed by atoms with Crippen molar-refractivity contribution in [3.05, 3.63) is 128 Å². The van der Waals surface area contributed by atoms with Crippen molar-refractivity contribution in [3.8, 4) is 11.4 Å². The highest BCUT2D eigenvalue weighted by Gasteiger charge is 2.18. The summed E-state index contributed by atoms with van der Waals surface area (Å²) in [6.45, 7) is 0. The van der Waals surface area contributed by atoms with Crippen LogP contribution in [0.2, 0.25) is 0 Å². The molecule has 0 saturated carbocycles. The summed E-state index contributed by atoms with van der Waals surface area (Å²) in [6, 6.07) is 42.3. The highest BCUT2D eigenvalue weighted by Crippen LogP contribution is 2.45. The van der Waals surface area contributed by atoms with Crippen LogP contribution in [0.3, 0.4) is 0 Å². The molecular weight excluding hydrogens is 551 g/mol. The number of benzene rings is 5. The van der Waals surface area contributed by atoms with E-state index in [0.717, 1.165) is 0 Å². The van der Waals surface area contributed by atoms with Gasteiger partial charge in [0.2, 0.25) is 0 Å². The Labute approximate surface area is 248 Å². The van der Waals surface area contributed by atoms with Crippen molar-refractivity contribution >= 4 is 95.9 Å². The van der Waals surface area contributed by atoms with Gasteiger partial charge in [0.1, 0.15) is 0 Å². The average Bonchev–Trinajstić information content (AvgIpc) is 3.77. The number of fused-ring (bicyclic) bond motifs is 11. The Balaban J connectivity index is 1.26. The van der Waals surface area contributed by atoms with Crippen molar-refractivity contribution in [2.75, 3.05) is 0 Å². The second-order valence-corrected chi connectivity index (χ2v) is 13.2. The number of rotatable bonds is 2. The molecular formula is C37H21N3S2. The number of aromatic nitrogens is 3. The number of hydrogen-bond acceptors (Lipinski definition) is 3. The van der Waals surface area contributed by atoms with Crippen molar-refractivity contribution in [1.29, 1.82) is 0 Å². The van der Waals surface area contributed by atoms with E-state index in [9.17, 15) is 0 Å². The maximum Gasteiger partial charge on any atom is 0.0890 e. The molecule has 0 bridgehead atoms. The molecule has 3 nitrogen and oxygen atoms in total. The molecule has 5 heteroatoms. The van der Waals surface area contributed by atoms with Gasteiger partial charge >= 0.3 is 0 Å². The maximum atomic E-state index is 4.36. The van der Waals surface area contributed by atoms with E-state index in [2.05, 4.69) is 129 Å². The molecule has 0 unspecified atom stereocenters. The minimum absolute atomic E-state index is 1.18. The summed E-state index contributed by atoms with van der Waals surface area (Å²) in [7, 11) is 0. The maximum absolute atomic E-state index is 4.36. The fraction of sp³-hybridized carbons (Fsp3) is 0. The summed E-state index contributed by atoms with van der Waals surface area (Å²) in [5.74, 6) is 0. The van der Waals surface area contributed by atoms with Gasteiger partial charge < -0.3 is 9.13 Å². The summed E-state index contributed by atoms with van der Waals surface area (Å²) < 4.78 is 8.78. The van der Waals surface area contributed by atoms with E-state index in [0.29, 0.717) is 0 Å². The summed E-state index contributed by atoms with van der Waals surface area (Å²) in [6.07, 6.45) is 3.90. The molecule has 5 aromatic carbocycles. The van der Waals surface area contributed by atoms with Gasteiger partial charge in [-0.15, -0.1) is 22.7 Å². The average molecular weight is 572 g/mol. The van der Waals surface area contributed by atoms with Crippen LogP contribution >= 0.6 is 22.7 Å². The van der Waals surface area contributed by atoms with Crippen LogP contribution in [0.4, 0.5) is 0 Å². The van der Waals surface area contributed by atoms with E-state index in [1.54, 1.807) is 0 Å². The van der Waals surface area contributed by atoms with Gasteiger partial charge in [0.15, 0.2) is 0 Å². The molecule has 0 atom stereocenters. The zero-order valence-electron chi connectivity index (χ0n) is 22.3. The Morgan fingerprint density at radius 1 is 0.452 bits per heavy atom. The number of hydrogen-bond donors (Lipinski definition) is 0. The smallest absolute Gasteiger partial charge is 0.0890 e. The van der Waals surface area contributed by atoms with Crippen molar-refractivity contribution in [2.24, 2.45) is 0 Å². The van der Waals surface area contributed by atoms with Crippen molar-refractivity contribution in [3.63, 3.8) is 0 Å². The molecule has 196 valence electrons. The van der Waals surface area contributed by atoms with E-state index in [1.807, 2.05) is 35.1 Å². The van der Waals surface area contributed by atoms with Crippen LogP contribution in [-0.4, -0.2) is 14.1 Å². The normalized spacial score (nSPS) is 12.3. The first-order valence-corrected chi connectivity index (χ1v) is 15.7. The van der Waals surface area contributed by atoms with Crippen LogP contribution in [0.5, 0.6) is 0 Å². The number of thiophene rings is 2. The lowest BCUT2D eigenvalue weighted by Crippen LogP contribution is -1.95. The van der Waals surface area contributed by atoms with Gasteiger partial charge in [-0.3, -0.25) is 4.98 Å². The quantitative estimate of drug-likeness (QED) is 0.202. The van der Waals surface area contributed by atoms with Crippen molar-refractivity contribution in [1.82, 2.24) is 14.1 Å². The van der Waals surface area contributed by atoms with Gasteiger partial charge in [0, 0.05) is 66.2 Å². The predicted octanol–water partition coefficient (Wildman–Crippen LogP) is 10.9. The standard InChI is InChI=1S/C37H21N3S2/c1-4-10-30-24(7-1)25-8-2-5-11-31(25)39(30)22-13-15-33-28(19-22)26-9-3-6-12-32(26)40(33)23-14-16-34-29(20-23)36-27-17-18-38-21-35(27)42-37(36)41-34/h1-21H. The molecule has 0 N–H and O–H groups in total. The minimum atomic E-state index is 1.18. The third-order valence-corrected chi connectivity index (χ3v) is 11.0. The lowest BCUT2D eigenvalue weighted by molar-refractivity contribution is 1.17. The monoisotopic (exact) mass is 571 g/mol. The van der Waals surface area contributed by atoms with Gasteiger partial charge in [-0.25, -0.2) is 0 Å². The van der Waals surface area contributed by atoms with Gasteiger partial charge in [-0.2, -0.15) is 0 Å². The van der Waals surface area contributed by atoms with Crippen LogP contribution in [0.1, 0.15) is 0 Å². The Morgan fingerprint density at radius 3 is 1.69 bits per heavy atom. The molecule has 5 aromatic heterocycles. The van der Waals surface area contributed by atoms with E-state index < -0.39 is 0 Å². The molecule has 0 radical (unpaired) electrons. The van der Waals surface area contributed by atoms with Crippen LogP contribution in [-0.2, 0) is 0 Å². The second kappa shape index (κ2) is 8.29. The fourth-order valence-corrected chi connectivity index (χ4v) is 9.43. The van der Waals surface area contributed by atoms with Gasteiger partial charge in [0.05, 0.1) is 30.8 Å². The summed E-state index contributed by atoms with van der Waals surface area (Å²) in [5, 5.41) is 9.05. The molecule has 0 fully saturated rings. The first-order chi connectivity index (χ1) is 20.8. The van der Waals surface area contributed by atoms with E-state index in [1.165, 1.54) is 84.6 Å². The highest BCUT2D eigenvalue weighted by atomic mass is 32.2. The molecule has 0 amide bonds. The molecule has 0 spiro atoms. The Morgan fingerprint density at radius 2 is 1.00 bits per heavy atom. The van der Waals surface area contributed by atoms with Gasteiger partial charge in [-0.05, 0) is 60.7 Å². The molecule has 0 aliphatic heterocycles. The summed E-state index contributed by atoms with van der Waals surface area (Å²) in [5.41, 5.74) is 7.25. The molecule has 0 aliphatic carbocycles. The largest absolute Gasteiger partial charge is 0.309 e. The van der Waals surface area contributed by atoms with E-state index in [-0.39, 0.29) is 0 Å². The van der Waals surface area contributed by atoms with Gasteiger partial charge in [-0.1, -0.05) is 54.6 Å². The highest BCUT2D eigenvalue weighted by molar-refractivity contribution is 7.44. The minimum Gasteiger partial charge on any atom is -0.309 e. The van der Waals surface area contributed by atoms with Crippen LogP contribution in [0, 0.1) is 0 Å². The number of pyridine rings is 1. The van der Waals surface area contributed by atoms with E-state index >= 15 is 0 Å². The lowest BCUT2D eigenvalue weighted by atomic mass is 10.1. The lowest BCUT2D eigenvalue weighted by Gasteiger charge is -2.10. The molecule has 0 aliphatic rings. The van der Waals surface area contributed by atoms with E-state index in [4.69, 9.17) is 0 Å². The first-order valence-electron chi connectivity index (χ1n) is 14.0. The summed E-state index contributed by atoms with van der Waals surface area (Å²) in [4.78, 5) is 4.36. The molecule has 5 heterocycles. The first kappa shape index (κ1) is 22.7. The Hall–Kier alpha value is -4.97. The zero-order valence-corrected chi connectivity index (χ0v) is 23.9. The third-order valence-electron chi connectivity index (χ3n) is 8.65. The zero-order chi connectivity index (χ0) is 27.4. The van der Waals surface area contributed by atoms with Crippen LogP contribution < -0.4 is 0 Å². The van der Waals surface area contributed by atoms with Crippen LogP contribution in [0.15, 0.2) is 128 Å². The predicted molar refractivity (Wildman–Crippen MR) is 181 cm³/mol. The topological polar surface area (TPSA) is 22.8 Å². The Bertz CT molecular complexity index is 2650. The van der Waals surface area contributed by atoms with Crippen molar-refractivity contribution < 1.29 is 0 Å². The third kappa shape index (κ3) is 2.96. The molecule has 42 heavy (non-hydrogen) atoms. The molecule has 0 saturated heterocycles. The Kier molecular flexibility index (Phi) is 4.48. The van der Waals surface area contributed by atoms with Crippen molar-refractivity contribution in [2.45, 2.75) is 0 Å². The second-order valence-electron chi connectivity index (χ2n) is 10.8. The summed E-state index contributed by atoms with van der Waals surface area (Å²) >= 11 is 3.73. The number of nitrogens with zero attached hydrogens (tertiary/aromatic N) is 3. The fourth-order valence-electron chi connectivity index (χ4n) is 6.88. The van der Waals surface area contributed by atoms with Crippen LogP contribution in [0.25, 0.3) is 84.6 Å².